The lowest BCUT2D eigenvalue weighted by Gasteiger charge is -2.41. The molecule has 0 atom stereocenters. The Labute approximate surface area is 171 Å². The maximum atomic E-state index is 13.4. The Morgan fingerprint density at radius 1 is 1.06 bits per heavy atom. The van der Waals surface area contributed by atoms with E-state index in [1.54, 1.807) is 4.90 Å². The highest BCUT2D eigenvalue weighted by Gasteiger charge is 2.43. The van der Waals surface area contributed by atoms with Crippen molar-refractivity contribution in [2.75, 3.05) is 24.6 Å². The molecule has 0 radical (unpaired) electrons. The molecule has 0 unspecified atom stereocenters. The molecule has 166 valence electrons. The van der Waals surface area contributed by atoms with Crippen LogP contribution in [0.2, 0.25) is 0 Å². The molecule has 2 aliphatic rings. The maximum Gasteiger partial charge on any atom is 0.435 e. The van der Waals surface area contributed by atoms with E-state index in [4.69, 9.17) is 4.74 Å². The van der Waals surface area contributed by atoms with Gasteiger partial charge in [0.2, 0.25) is 5.88 Å². The first-order chi connectivity index (χ1) is 14.5. The fraction of sp³-hybridized carbons (Fsp3) is 0.500. The first kappa shape index (κ1) is 19.9. The first-order valence-electron chi connectivity index (χ1n) is 9.53. The Morgan fingerprint density at radius 2 is 1.81 bits per heavy atom. The number of nitrogens with zero attached hydrogens (tertiary/aromatic N) is 6. The third-order valence-electron chi connectivity index (χ3n) is 5.57. The summed E-state index contributed by atoms with van der Waals surface area (Å²) in [6.45, 7) is 2.16. The predicted molar refractivity (Wildman–Crippen MR) is 95.0 cm³/mol. The molecule has 7 nitrogen and oxygen atoms in total. The van der Waals surface area contributed by atoms with Gasteiger partial charge in [0.25, 0.3) is 0 Å². The molecular formula is C18H16F6N6O. The van der Waals surface area contributed by atoms with Crippen LogP contribution >= 0.6 is 0 Å². The number of pyridine rings is 1. The molecule has 13 heteroatoms. The highest BCUT2D eigenvalue weighted by Crippen LogP contribution is 2.42. The molecule has 0 bridgehead atoms. The summed E-state index contributed by atoms with van der Waals surface area (Å²) < 4.78 is 88.2. The van der Waals surface area contributed by atoms with Gasteiger partial charge in [-0.25, -0.2) is 4.68 Å². The monoisotopic (exact) mass is 446 g/mol. The standard InChI is InChI=1S/C18H16F6N6O/c1-9-25-26-15-13(5-10(6-29(9)15)17(19,20)21)28-7-11(8-28)30-16-12(3-2-4-31-16)14(27-30)18(22,23)24/h5-6,11H,2-4,7-8H2,1H3. The van der Waals surface area contributed by atoms with Crippen molar-refractivity contribution in [3.63, 3.8) is 0 Å². The molecule has 3 aromatic rings. The quantitative estimate of drug-likeness (QED) is 0.563. The van der Waals surface area contributed by atoms with Crippen LogP contribution < -0.4 is 9.64 Å². The number of aromatic nitrogens is 5. The van der Waals surface area contributed by atoms with E-state index in [9.17, 15) is 26.3 Å². The zero-order valence-corrected chi connectivity index (χ0v) is 16.1. The Kier molecular flexibility index (Phi) is 4.18. The number of fused-ring (bicyclic) bond motifs is 2. The smallest absolute Gasteiger partial charge is 0.435 e. The van der Waals surface area contributed by atoms with Crippen molar-refractivity contribution < 1.29 is 31.1 Å². The second-order valence-corrected chi connectivity index (χ2v) is 7.64. The van der Waals surface area contributed by atoms with Gasteiger partial charge in [-0.05, 0) is 25.8 Å². The summed E-state index contributed by atoms with van der Waals surface area (Å²) in [6.07, 6.45) is -7.56. The number of anilines is 1. The van der Waals surface area contributed by atoms with E-state index in [0.717, 1.165) is 12.3 Å². The van der Waals surface area contributed by atoms with Crippen molar-refractivity contribution in [3.8, 4) is 5.88 Å². The minimum Gasteiger partial charge on any atom is -0.478 e. The highest BCUT2D eigenvalue weighted by molar-refractivity contribution is 5.71. The summed E-state index contributed by atoms with van der Waals surface area (Å²) in [6, 6.07) is 0.511. The third-order valence-corrected chi connectivity index (χ3v) is 5.57. The predicted octanol–water partition coefficient (Wildman–Crippen LogP) is 3.66. The molecular weight excluding hydrogens is 430 g/mol. The fourth-order valence-corrected chi connectivity index (χ4v) is 4.01. The number of hydrogen-bond donors (Lipinski definition) is 0. The molecule has 0 saturated carbocycles. The van der Waals surface area contributed by atoms with Gasteiger partial charge >= 0.3 is 12.4 Å². The van der Waals surface area contributed by atoms with Crippen LogP contribution in [0.1, 0.15) is 35.1 Å². The van der Waals surface area contributed by atoms with Gasteiger partial charge in [0.1, 0.15) is 5.82 Å². The molecule has 1 fully saturated rings. The van der Waals surface area contributed by atoms with E-state index in [-0.39, 0.29) is 42.3 Å². The Balaban J connectivity index is 1.48. The van der Waals surface area contributed by atoms with Crippen molar-refractivity contribution in [1.29, 1.82) is 0 Å². The molecule has 0 spiro atoms. The van der Waals surface area contributed by atoms with E-state index in [1.807, 2.05) is 0 Å². The fourth-order valence-electron chi connectivity index (χ4n) is 4.01. The van der Waals surface area contributed by atoms with E-state index in [2.05, 4.69) is 15.3 Å². The number of rotatable bonds is 2. The molecule has 1 saturated heterocycles. The molecule has 31 heavy (non-hydrogen) atoms. The van der Waals surface area contributed by atoms with Crippen LogP contribution in [0.3, 0.4) is 0 Å². The van der Waals surface area contributed by atoms with Crippen LogP contribution in [0.4, 0.5) is 32.0 Å². The third kappa shape index (κ3) is 3.17. The van der Waals surface area contributed by atoms with Crippen molar-refractivity contribution in [1.82, 2.24) is 24.4 Å². The van der Waals surface area contributed by atoms with Crippen molar-refractivity contribution in [3.05, 3.63) is 34.9 Å². The SMILES string of the molecule is Cc1nnc2c(N3CC(n4nc(C(F)(F)F)c5c4OCCC5)C3)cc(C(F)(F)F)cn12. The van der Waals surface area contributed by atoms with Crippen molar-refractivity contribution in [2.45, 2.75) is 38.2 Å². The molecule has 5 heterocycles. The van der Waals surface area contributed by atoms with Gasteiger partial charge in [0.05, 0.1) is 23.9 Å². The Bertz CT molecular complexity index is 1160. The molecule has 5 rings (SSSR count). The summed E-state index contributed by atoms with van der Waals surface area (Å²) in [7, 11) is 0. The van der Waals surface area contributed by atoms with Crippen molar-refractivity contribution >= 4 is 11.3 Å². The number of aryl methyl sites for hydroxylation is 1. The van der Waals surface area contributed by atoms with Crippen LogP contribution in [-0.2, 0) is 18.8 Å². The average Bonchev–Trinajstić information content (AvgIpc) is 3.21. The van der Waals surface area contributed by atoms with Gasteiger partial charge in [0, 0.05) is 24.8 Å². The summed E-state index contributed by atoms with van der Waals surface area (Å²) >= 11 is 0. The minimum atomic E-state index is -4.61. The Hall–Kier alpha value is -2.99. The van der Waals surface area contributed by atoms with Gasteiger partial charge in [-0.1, -0.05) is 0 Å². The van der Waals surface area contributed by atoms with E-state index in [1.165, 1.54) is 16.0 Å². The summed E-state index contributed by atoms with van der Waals surface area (Å²) in [5, 5.41) is 11.6. The lowest BCUT2D eigenvalue weighted by molar-refractivity contribution is -0.142. The van der Waals surface area contributed by atoms with Gasteiger partial charge < -0.3 is 9.64 Å². The molecule has 0 aliphatic carbocycles. The van der Waals surface area contributed by atoms with Crippen LogP contribution in [0.15, 0.2) is 12.3 Å². The molecule has 3 aromatic heterocycles. The normalized spacial score (nSPS) is 17.6. The maximum absolute atomic E-state index is 13.4. The summed E-state index contributed by atoms with van der Waals surface area (Å²) in [4.78, 5) is 1.62. The highest BCUT2D eigenvalue weighted by atomic mass is 19.4. The minimum absolute atomic E-state index is 0.0340. The van der Waals surface area contributed by atoms with E-state index < -0.39 is 29.7 Å². The number of hydrogen-bond acceptors (Lipinski definition) is 5. The number of alkyl halides is 6. The lowest BCUT2D eigenvalue weighted by Crippen LogP contribution is -2.48. The lowest BCUT2D eigenvalue weighted by atomic mass is 10.1. The van der Waals surface area contributed by atoms with Crippen molar-refractivity contribution in [2.24, 2.45) is 0 Å². The molecule has 2 aliphatic heterocycles. The summed E-state index contributed by atoms with van der Waals surface area (Å²) in [5.41, 5.74) is -1.33. The second-order valence-electron chi connectivity index (χ2n) is 7.64. The van der Waals surface area contributed by atoms with Crippen LogP contribution in [-0.4, -0.2) is 44.1 Å². The molecule has 0 amide bonds. The first-order valence-corrected chi connectivity index (χ1v) is 9.53. The number of halogens is 6. The average molecular weight is 446 g/mol. The van der Waals surface area contributed by atoms with Crippen LogP contribution in [0, 0.1) is 6.92 Å². The van der Waals surface area contributed by atoms with Gasteiger partial charge in [-0.2, -0.15) is 31.4 Å². The van der Waals surface area contributed by atoms with Crippen LogP contribution in [0.25, 0.3) is 5.65 Å². The van der Waals surface area contributed by atoms with E-state index >= 15 is 0 Å². The topological polar surface area (TPSA) is 60.5 Å². The van der Waals surface area contributed by atoms with Gasteiger partial charge in [-0.15, -0.1) is 10.2 Å². The zero-order valence-electron chi connectivity index (χ0n) is 16.1. The van der Waals surface area contributed by atoms with Crippen LogP contribution in [0.5, 0.6) is 5.88 Å². The molecule has 0 aromatic carbocycles. The second kappa shape index (κ2) is 6.50. The van der Waals surface area contributed by atoms with E-state index in [0.29, 0.717) is 18.9 Å². The Morgan fingerprint density at radius 3 is 2.48 bits per heavy atom. The zero-order chi connectivity index (χ0) is 22.1. The van der Waals surface area contributed by atoms with Gasteiger partial charge in [0.15, 0.2) is 11.3 Å². The van der Waals surface area contributed by atoms with Gasteiger partial charge in [-0.3, -0.25) is 4.40 Å². The largest absolute Gasteiger partial charge is 0.478 e. The summed E-state index contributed by atoms with van der Waals surface area (Å²) in [5.74, 6) is 0.388. The molecule has 0 N–H and O–H groups in total. The number of ether oxygens (including phenoxy) is 1.